The third-order valence-corrected chi connectivity index (χ3v) is 2.63. The molecule has 0 radical (unpaired) electrons. The highest BCUT2D eigenvalue weighted by molar-refractivity contribution is 5.69. The lowest BCUT2D eigenvalue weighted by molar-refractivity contribution is -0.206. The Hall–Kier alpha value is -2.49. The number of benzene rings is 2. The summed E-state index contributed by atoms with van der Waals surface area (Å²) in [5.74, 6) is 0.792. The third kappa shape index (κ3) is 5.18. The number of hydrogen-bond donors (Lipinski definition) is 0. The lowest BCUT2D eigenvalue weighted by atomic mass is 10.3. The van der Waals surface area contributed by atoms with Crippen molar-refractivity contribution in [2.75, 3.05) is 0 Å². The van der Waals surface area contributed by atoms with Gasteiger partial charge in [-0.2, -0.15) is 0 Å². The first-order chi connectivity index (χ1) is 10.3. The summed E-state index contributed by atoms with van der Waals surface area (Å²) in [6.45, 7) is 0.806. The minimum atomic E-state index is -1.10. The number of esters is 1. The van der Waals surface area contributed by atoms with E-state index in [4.69, 9.17) is 14.2 Å². The monoisotopic (exact) mass is 286 g/mol. The maximum Gasteiger partial charge on any atom is 0.408 e. The van der Waals surface area contributed by atoms with Crippen LogP contribution in [-0.4, -0.2) is 12.4 Å². The van der Waals surface area contributed by atoms with Gasteiger partial charge in [-0.25, -0.2) is 0 Å². The molecule has 2 aromatic rings. The predicted octanol–water partition coefficient (Wildman–Crippen LogP) is 3.77. The van der Waals surface area contributed by atoms with Gasteiger partial charge in [0.05, 0.1) is 0 Å². The van der Waals surface area contributed by atoms with E-state index in [1.54, 1.807) is 24.3 Å². The second kappa shape index (κ2) is 7.94. The van der Waals surface area contributed by atoms with Crippen LogP contribution in [0.15, 0.2) is 60.7 Å². The van der Waals surface area contributed by atoms with Crippen LogP contribution in [0.4, 0.5) is 0 Å². The fourth-order valence-electron chi connectivity index (χ4n) is 1.66. The van der Waals surface area contributed by atoms with Crippen molar-refractivity contribution in [1.29, 1.82) is 0 Å². The number of rotatable bonds is 7. The molecule has 110 valence electrons. The second-order valence-corrected chi connectivity index (χ2v) is 4.39. The van der Waals surface area contributed by atoms with Crippen LogP contribution in [0.1, 0.15) is 19.8 Å². The Bertz CT molecular complexity index is 498. The van der Waals surface area contributed by atoms with Crippen molar-refractivity contribution in [3.05, 3.63) is 60.7 Å². The summed E-state index contributed by atoms with van der Waals surface area (Å²) in [5, 5.41) is 0. The smallest absolute Gasteiger partial charge is 0.408 e. The molecule has 0 heterocycles. The molecule has 2 aromatic carbocycles. The number of hydrogen-bond acceptors (Lipinski definition) is 4. The summed E-state index contributed by atoms with van der Waals surface area (Å²) in [7, 11) is 0. The molecule has 0 saturated heterocycles. The first-order valence-electron chi connectivity index (χ1n) is 6.91. The Morgan fingerprint density at radius 2 is 1.38 bits per heavy atom. The van der Waals surface area contributed by atoms with Crippen molar-refractivity contribution in [3.63, 3.8) is 0 Å². The van der Waals surface area contributed by atoms with E-state index in [9.17, 15) is 4.79 Å². The summed E-state index contributed by atoms with van der Waals surface area (Å²) in [6.07, 6.45) is 1.04. The van der Waals surface area contributed by atoms with Crippen molar-refractivity contribution in [2.45, 2.75) is 26.2 Å². The van der Waals surface area contributed by atoms with Crippen molar-refractivity contribution < 1.29 is 19.0 Å². The summed E-state index contributed by atoms with van der Waals surface area (Å²) in [5.41, 5.74) is 0. The van der Waals surface area contributed by atoms with Crippen molar-refractivity contribution in [2.24, 2.45) is 0 Å². The van der Waals surface area contributed by atoms with Gasteiger partial charge < -0.3 is 14.2 Å². The van der Waals surface area contributed by atoms with E-state index >= 15 is 0 Å². The fourth-order valence-corrected chi connectivity index (χ4v) is 1.66. The van der Waals surface area contributed by atoms with Gasteiger partial charge in [0, 0.05) is 6.42 Å². The predicted molar refractivity (Wildman–Crippen MR) is 78.9 cm³/mol. The molecule has 0 saturated carbocycles. The van der Waals surface area contributed by atoms with Crippen LogP contribution < -0.4 is 9.47 Å². The Balaban J connectivity index is 2.04. The van der Waals surface area contributed by atoms with Gasteiger partial charge in [0.15, 0.2) is 0 Å². The van der Waals surface area contributed by atoms with Gasteiger partial charge in [0.1, 0.15) is 11.5 Å². The zero-order valence-corrected chi connectivity index (χ0v) is 11.9. The average molecular weight is 286 g/mol. The molecule has 2 rings (SSSR count). The summed E-state index contributed by atoms with van der Waals surface area (Å²) >= 11 is 0. The Kier molecular flexibility index (Phi) is 5.64. The number of ether oxygens (including phenoxy) is 3. The largest absolute Gasteiger partial charge is 0.423 e. The van der Waals surface area contributed by atoms with E-state index in [-0.39, 0.29) is 5.97 Å². The Morgan fingerprint density at radius 1 is 0.905 bits per heavy atom. The van der Waals surface area contributed by atoms with Gasteiger partial charge in [-0.3, -0.25) is 4.79 Å². The van der Waals surface area contributed by atoms with E-state index in [1.807, 2.05) is 43.3 Å². The highest BCUT2D eigenvalue weighted by Gasteiger charge is 2.17. The zero-order valence-electron chi connectivity index (χ0n) is 11.9. The fraction of sp³-hybridized carbons (Fsp3) is 0.235. The molecule has 0 spiro atoms. The molecule has 0 aliphatic carbocycles. The van der Waals surface area contributed by atoms with Gasteiger partial charge in [-0.1, -0.05) is 43.3 Å². The summed E-state index contributed by atoms with van der Waals surface area (Å²) in [6, 6.07) is 18.2. The summed E-state index contributed by atoms with van der Waals surface area (Å²) < 4.78 is 16.4. The van der Waals surface area contributed by atoms with Crippen LogP contribution in [0.5, 0.6) is 11.5 Å². The highest BCUT2D eigenvalue weighted by Crippen LogP contribution is 2.17. The van der Waals surface area contributed by atoms with Crippen LogP contribution in [-0.2, 0) is 9.53 Å². The van der Waals surface area contributed by atoms with Crippen molar-refractivity contribution >= 4 is 5.97 Å². The molecule has 0 fully saturated rings. The van der Waals surface area contributed by atoms with Crippen molar-refractivity contribution in [3.8, 4) is 11.5 Å². The van der Waals surface area contributed by atoms with Crippen molar-refractivity contribution in [1.82, 2.24) is 0 Å². The van der Waals surface area contributed by atoms with Crippen LogP contribution in [0.3, 0.4) is 0 Å². The molecule has 4 heteroatoms. The SMILES string of the molecule is CCCC(=O)OC(Oc1ccccc1)Oc1ccccc1. The summed E-state index contributed by atoms with van der Waals surface area (Å²) in [4.78, 5) is 11.7. The molecular formula is C17H18O4. The third-order valence-electron chi connectivity index (χ3n) is 2.63. The van der Waals surface area contributed by atoms with Gasteiger partial charge in [0.25, 0.3) is 0 Å². The molecule has 0 unspecified atom stereocenters. The molecule has 0 N–H and O–H groups in total. The molecule has 21 heavy (non-hydrogen) atoms. The van der Waals surface area contributed by atoms with E-state index < -0.39 is 6.48 Å². The minimum absolute atomic E-state index is 0.326. The molecule has 0 atom stereocenters. The zero-order chi connectivity index (χ0) is 14.9. The molecule has 0 bridgehead atoms. The molecule has 0 aromatic heterocycles. The van der Waals surface area contributed by atoms with E-state index in [0.717, 1.165) is 0 Å². The number of carbonyl (C=O) groups is 1. The average Bonchev–Trinajstić information content (AvgIpc) is 2.49. The van der Waals surface area contributed by atoms with E-state index in [2.05, 4.69) is 0 Å². The topological polar surface area (TPSA) is 44.8 Å². The van der Waals surface area contributed by atoms with Crippen LogP contribution in [0.25, 0.3) is 0 Å². The molecule has 4 nitrogen and oxygen atoms in total. The maximum absolute atomic E-state index is 11.7. The molecule has 0 amide bonds. The standard InChI is InChI=1S/C17H18O4/c1-2-9-16(18)21-17(19-14-10-5-3-6-11-14)20-15-12-7-4-8-13-15/h3-8,10-13,17H,2,9H2,1H3. The van der Waals surface area contributed by atoms with Crippen LogP contribution in [0, 0.1) is 0 Å². The normalized spacial score (nSPS) is 10.2. The quantitative estimate of drug-likeness (QED) is 0.574. The Labute approximate surface area is 124 Å². The van der Waals surface area contributed by atoms with E-state index in [0.29, 0.717) is 24.3 Å². The first-order valence-corrected chi connectivity index (χ1v) is 6.91. The lowest BCUT2D eigenvalue weighted by Crippen LogP contribution is -2.30. The van der Waals surface area contributed by atoms with Gasteiger partial charge in [0.2, 0.25) is 0 Å². The Morgan fingerprint density at radius 3 is 1.81 bits per heavy atom. The van der Waals surface area contributed by atoms with Crippen LogP contribution >= 0.6 is 0 Å². The maximum atomic E-state index is 11.7. The van der Waals surface area contributed by atoms with Crippen LogP contribution in [0.2, 0.25) is 0 Å². The minimum Gasteiger partial charge on any atom is -0.423 e. The number of para-hydroxylation sites is 2. The molecule has 0 aliphatic heterocycles. The van der Waals surface area contributed by atoms with Gasteiger partial charge >= 0.3 is 12.4 Å². The highest BCUT2D eigenvalue weighted by atomic mass is 16.9. The lowest BCUT2D eigenvalue weighted by Gasteiger charge is -2.19. The second-order valence-electron chi connectivity index (χ2n) is 4.39. The van der Waals surface area contributed by atoms with Gasteiger partial charge in [-0.05, 0) is 30.7 Å². The van der Waals surface area contributed by atoms with E-state index in [1.165, 1.54) is 0 Å². The molecular weight excluding hydrogens is 268 g/mol. The molecule has 0 aliphatic rings. The number of carbonyl (C=O) groups excluding carboxylic acids is 1. The first kappa shape index (κ1) is 14.9. The van der Waals surface area contributed by atoms with Gasteiger partial charge in [-0.15, -0.1) is 0 Å².